The highest BCUT2D eigenvalue weighted by atomic mass is 16.5. The summed E-state index contributed by atoms with van der Waals surface area (Å²) >= 11 is 0. The Labute approximate surface area is 133 Å². The van der Waals surface area contributed by atoms with Crippen LogP contribution in [0.2, 0.25) is 0 Å². The van der Waals surface area contributed by atoms with Gasteiger partial charge in [0.15, 0.2) is 0 Å². The topological polar surface area (TPSA) is 50.4 Å². The first kappa shape index (κ1) is 16.8. The van der Waals surface area contributed by atoms with Crippen molar-refractivity contribution in [2.45, 2.75) is 51.5 Å². The summed E-state index contributed by atoms with van der Waals surface area (Å²) in [7, 11) is 0. The van der Waals surface area contributed by atoms with Crippen LogP contribution in [0.25, 0.3) is 0 Å². The number of carbonyl (C=O) groups is 1. The van der Waals surface area contributed by atoms with Gasteiger partial charge in [0.2, 0.25) is 0 Å². The summed E-state index contributed by atoms with van der Waals surface area (Å²) in [5, 5.41) is 6.52. The third-order valence-electron chi connectivity index (χ3n) is 4.13. The molecule has 1 fully saturated rings. The molecule has 0 heterocycles. The molecule has 0 saturated heterocycles. The van der Waals surface area contributed by atoms with Gasteiger partial charge in [0.1, 0.15) is 5.75 Å². The third-order valence-corrected chi connectivity index (χ3v) is 4.13. The molecule has 1 aliphatic rings. The van der Waals surface area contributed by atoms with E-state index in [9.17, 15) is 4.79 Å². The summed E-state index contributed by atoms with van der Waals surface area (Å²) in [5.41, 5.74) is 0.679. The van der Waals surface area contributed by atoms with Gasteiger partial charge >= 0.3 is 0 Å². The molecule has 2 rings (SSSR count). The van der Waals surface area contributed by atoms with Crippen molar-refractivity contribution in [2.75, 3.05) is 19.7 Å². The van der Waals surface area contributed by atoms with E-state index in [4.69, 9.17) is 4.74 Å². The lowest BCUT2D eigenvalue weighted by Crippen LogP contribution is -2.36. The number of amides is 1. The smallest absolute Gasteiger partial charge is 0.251 e. The molecule has 4 nitrogen and oxygen atoms in total. The van der Waals surface area contributed by atoms with Crippen molar-refractivity contribution in [1.29, 1.82) is 0 Å². The van der Waals surface area contributed by atoms with Gasteiger partial charge in [-0.2, -0.15) is 0 Å². The number of rotatable bonds is 7. The molecule has 2 N–H and O–H groups in total. The molecule has 122 valence electrons. The first-order chi connectivity index (χ1) is 10.8. The second-order valence-corrected chi connectivity index (χ2v) is 5.86. The van der Waals surface area contributed by atoms with E-state index in [2.05, 4.69) is 10.6 Å². The van der Waals surface area contributed by atoms with Crippen LogP contribution in [0, 0.1) is 0 Å². The number of hydrogen-bond donors (Lipinski definition) is 2. The Morgan fingerprint density at radius 3 is 2.41 bits per heavy atom. The fraction of sp³-hybridized carbons (Fsp3) is 0.611. The lowest BCUT2D eigenvalue weighted by atomic mass is 10.1. The molecule has 1 aromatic rings. The zero-order valence-corrected chi connectivity index (χ0v) is 13.6. The number of benzene rings is 1. The van der Waals surface area contributed by atoms with Crippen molar-refractivity contribution in [3.63, 3.8) is 0 Å². The SMILES string of the molecule is CCOc1ccc(C(=O)NCCNC2CCCCCC2)cc1. The van der Waals surface area contributed by atoms with E-state index in [1.807, 2.05) is 19.1 Å². The average Bonchev–Trinajstić information content (AvgIpc) is 2.81. The minimum Gasteiger partial charge on any atom is -0.494 e. The molecular formula is C18H28N2O2. The quantitative estimate of drug-likeness (QED) is 0.601. The van der Waals surface area contributed by atoms with Crippen molar-refractivity contribution in [2.24, 2.45) is 0 Å². The molecule has 0 unspecified atom stereocenters. The molecule has 1 saturated carbocycles. The fourth-order valence-electron chi connectivity index (χ4n) is 2.91. The molecular weight excluding hydrogens is 276 g/mol. The first-order valence-corrected chi connectivity index (χ1v) is 8.54. The van der Waals surface area contributed by atoms with E-state index in [1.165, 1.54) is 38.5 Å². The maximum Gasteiger partial charge on any atom is 0.251 e. The van der Waals surface area contributed by atoms with Crippen molar-refractivity contribution in [1.82, 2.24) is 10.6 Å². The predicted octanol–water partition coefficient (Wildman–Crippen LogP) is 3.13. The molecule has 0 aromatic heterocycles. The largest absolute Gasteiger partial charge is 0.494 e. The van der Waals surface area contributed by atoms with E-state index >= 15 is 0 Å². The Balaban J connectivity index is 1.66. The van der Waals surface area contributed by atoms with Crippen LogP contribution in [-0.2, 0) is 0 Å². The molecule has 1 amide bonds. The molecule has 0 atom stereocenters. The summed E-state index contributed by atoms with van der Waals surface area (Å²) in [6.45, 7) is 4.09. The van der Waals surface area contributed by atoms with Crippen molar-refractivity contribution >= 4 is 5.91 Å². The number of carbonyl (C=O) groups excluding carboxylic acids is 1. The Morgan fingerprint density at radius 1 is 1.09 bits per heavy atom. The van der Waals surface area contributed by atoms with Crippen LogP contribution in [0.4, 0.5) is 0 Å². The van der Waals surface area contributed by atoms with Gasteiger partial charge in [0, 0.05) is 24.7 Å². The minimum absolute atomic E-state index is 0.0225. The van der Waals surface area contributed by atoms with Crippen molar-refractivity contribution < 1.29 is 9.53 Å². The van der Waals surface area contributed by atoms with Gasteiger partial charge < -0.3 is 15.4 Å². The van der Waals surface area contributed by atoms with E-state index in [1.54, 1.807) is 12.1 Å². The van der Waals surface area contributed by atoms with Gasteiger partial charge in [-0.3, -0.25) is 4.79 Å². The lowest BCUT2D eigenvalue weighted by molar-refractivity contribution is 0.0953. The summed E-state index contributed by atoms with van der Waals surface area (Å²) in [6, 6.07) is 7.91. The molecule has 0 bridgehead atoms. The molecule has 0 spiro atoms. The fourth-order valence-corrected chi connectivity index (χ4v) is 2.91. The van der Waals surface area contributed by atoms with Crippen LogP contribution in [0.1, 0.15) is 55.8 Å². The maximum absolute atomic E-state index is 12.0. The predicted molar refractivity (Wildman–Crippen MR) is 89.4 cm³/mol. The van der Waals surface area contributed by atoms with Crippen molar-refractivity contribution in [3.05, 3.63) is 29.8 Å². The van der Waals surface area contributed by atoms with Crippen LogP contribution in [0.15, 0.2) is 24.3 Å². The summed E-state index contributed by atoms with van der Waals surface area (Å²) in [4.78, 5) is 12.0. The minimum atomic E-state index is -0.0225. The zero-order valence-electron chi connectivity index (χ0n) is 13.6. The third kappa shape index (κ3) is 5.68. The van der Waals surface area contributed by atoms with Gasteiger partial charge in [0.25, 0.3) is 5.91 Å². The molecule has 0 aliphatic heterocycles. The van der Waals surface area contributed by atoms with E-state index < -0.39 is 0 Å². The second-order valence-electron chi connectivity index (χ2n) is 5.86. The maximum atomic E-state index is 12.0. The van der Waals surface area contributed by atoms with E-state index in [0.29, 0.717) is 24.8 Å². The summed E-state index contributed by atoms with van der Waals surface area (Å²) < 4.78 is 5.37. The Hall–Kier alpha value is -1.55. The van der Waals surface area contributed by atoms with Gasteiger partial charge in [-0.05, 0) is 44.0 Å². The Bertz CT molecular complexity index is 437. The lowest BCUT2D eigenvalue weighted by Gasteiger charge is -2.16. The first-order valence-electron chi connectivity index (χ1n) is 8.54. The van der Waals surface area contributed by atoms with E-state index in [0.717, 1.165) is 12.3 Å². The van der Waals surface area contributed by atoms with Crippen LogP contribution >= 0.6 is 0 Å². The molecule has 1 aliphatic carbocycles. The number of ether oxygens (including phenoxy) is 1. The molecule has 22 heavy (non-hydrogen) atoms. The second kappa shape index (κ2) is 9.46. The summed E-state index contributed by atoms with van der Waals surface area (Å²) in [5.74, 6) is 0.778. The normalized spacial score (nSPS) is 16.0. The Morgan fingerprint density at radius 2 is 1.77 bits per heavy atom. The van der Waals surface area contributed by atoms with E-state index in [-0.39, 0.29) is 5.91 Å². The highest BCUT2D eigenvalue weighted by Crippen LogP contribution is 2.16. The van der Waals surface area contributed by atoms with Crippen LogP contribution in [-0.4, -0.2) is 31.6 Å². The van der Waals surface area contributed by atoms with Gasteiger partial charge in [-0.25, -0.2) is 0 Å². The van der Waals surface area contributed by atoms with Crippen LogP contribution < -0.4 is 15.4 Å². The number of hydrogen-bond acceptors (Lipinski definition) is 3. The highest BCUT2D eigenvalue weighted by Gasteiger charge is 2.11. The van der Waals surface area contributed by atoms with Crippen molar-refractivity contribution in [3.8, 4) is 5.75 Å². The monoisotopic (exact) mass is 304 g/mol. The van der Waals surface area contributed by atoms with Gasteiger partial charge in [0.05, 0.1) is 6.61 Å². The number of nitrogens with one attached hydrogen (secondary N) is 2. The average molecular weight is 304 g/mol. The molecule has 0 radical (unpaired) electrons. The van der Waals surface area contributed by atoms with Gasteiger partial charge in [-0.15, -0.1) is 0 Å². The standard InChI is InChI=1S/C18H28N2O2/c1-2-22-17-11-9-15(10-12-17)18(21)20-14-13-19-16-7-5-3-4-6-8-16/h9-12,16,19H,2-8,13-14H2,1H3,(H,20,21). The van der Waals surface area contributed by atoms with Gasteiger partial charge in [-0.1, -0.05) is 25.7 Å². The highest BCUT2D eigenvalue weighted by molar-refractivity contribution is 5.94. The molecule has 4 heteroatoms. The zero-order chi connectivity index (χ0) is 15.6. The molecule has 1 aromatic carbocycles. The van der Waals surface area contributed by atoms with Crippen LogP contribution in [0.3, 0.4) is 0 Å². The Kier molecular flexibility index (Phi) is 7.23. The summed E-state index contributed by atoms with van der Waals surface area (Å²) in [6.07, 6.45) is 7.94. The van der Waals surface area contributed by atoms with Crippen LogP contribution in [0.5, 0.6) is 5.75 Å².